The average Bonchev–Trinajstić information content (AvgIpc) is 2.70. The second-order valence-corrected chi connectivity index (χ2v) is 4.16. The van der Waals surface area contributed by atoms with Gasteiger partial charge in [-0.05, 0) is 17.7 Å². The average molecular weight is 268 g/mol. The van der Waals surface area contributed by atoms with E-state index in [0.717, 1.165) is 10.0 Å². The number of halogens is 1. The third kappa shape index (κ3) is 2.64. The molecule has 0 aliphatic heterocycles. The van der Waals surface area contributed by atoms with Crippen LogP contribution >= 0.6 is 15.9 Å². The molecule has 2 aromatic rings. The summed E-state index contributed by atoms with van der Waals surface area (Å²) in [5.74, 6) is 0. The molecule has 1 heterocycles. The van der Waals surface area contributed by atoms with E-state index in [1.54, 1.807) is 0 Å². The number of hydrogen-bond acceptors (Lipinski definition) is 3. The molecule has 1 aromatic carbocycles. The number of nitrogens with one attached hydrogen (secondary N) is 1. The highest BCUT2D eigenvalue weighted by atomic mass is 79.9. The first-order valence-electron chi connectivity index (χ1n) is 4.54. The Morgan fingerprint density at radius 1 is 1.47 bits per heavy atom. The van der Waals surface area contributed by atoms with E-state index in [4.69, 9.17) is 0 Å². The van der Waals surface area contributed by atoms with E-state index < -0.39 is 6.10 Å². The monoisotopic (exact) mass is 267 g/mol. The van der Waals surface area contributed by atoms with E-state index in [1.807, 2.05) is 24.3 Å². The molecule has 2 rings (SSSR count). The summed E-state index contributed by atoms with van der Waals surface area (Å²) in [4.78, 5) is 0. The Bertz CT molecular complexity index is 430. The maximum atomic E-state index is 9.82. The maximum Gasteiger partial charge on any atom is 0.111 e. The molecule has 0 saturated carbocycles. The summed E-state index contributed by atoms with van der Waals surface area (Å²) < 4.78 is 1.01. The lowest BCUT2D eigenvalue weighted by Gasteiger charge is -2.07. The number of aliphatic hydroxyl groups is 1. The predicted molar refractivity (Wildman–Crippen MR) is 59.2 cm³/mol. The Morgan fingerprint density at radius 3 is 3.00 bits per heavy atom. The zero-order chi connectivity index (χ0) is 10.7. The van der Waals surface area contributed by atoms with E-state index in [1.165, 1.54) is 6.20 Å². The van der Waals surface area contributed by atoms with Crippen LogP contribution in [0.4, 0.5) is 0 Å². The number of aromatic nitrogens is 3. The Balaban J connectivity index is 2.09. The van der Waals surface area contributed by atoms with E-state index in [0.29, 0.717) is 12.1 Å². The van der Waals surface area contributed by atoms with Crippen molar-refractivity contribution < 1.29 is 5.11 Å². The van der Waals surface area contributed by atoms with Crippen molar-refractivity contribution in [3.63, 3.8) is 0 Å². The van der Waals surface area contributed by atoms with Crippen LogP contribution in [-0.2, 0) is 6.42 Å². The van der Waals surface area contributed by atoms with Crippen molar-refractivity contribution in [3.05, 3.63) is 46.2 Å². The molecule has 4 nitrogen and oxygen atoms in total. The second kappa shape index (κ2) is 4.55. The van der Waals surface area contributed by atoms with Crippen molar-refractivity contribution in [2.24, 2.45) is 0 Å². The van der Waals surface area contributed by atoms with Gasteiger partial charge in [0.05, 0.1) is 6.20 Å². The number of aliphatic hydroxyl groups excluding tert-OH is 1. The van der Waals surface area contributed by atoms with Gasteiger partial charge >= 0.3 is 0 Å². The molecule has 0 fully saturated rings. The van der Waals surface area contributed by atoms with Gasteiger partial charge in [-0.2, -0.15) is 15.4 Å². The zero-order valence-electron chi connectivity index (χ0n) is 7.89. The predicted octanol–water partition coefficient (Wildman–Crippen LogP) is 1.84. The Hall–Kier alpha value is -1.20. The van der Waals surface area contributed by atoms with Gasteiger partial charge in [0.1, 0.15) is 11.8 Å². The summed E-state index contributed by atoms with van der Waals surface area (Å²) in [7, 11) is 0. The van der Waals surface area contributed by atoms with Crippen LogP contribution in [0.5, 0.6) is 0 Å². The molecule has 0 aliphatic rings. The van der Waals surface area contributed by atoms with Gasteiger partial charge in [0, 0.05) is 10.9 Å². The van der Waals surface area contributed by atoms with Crippen molar-refractivity contribution in [1.82, 2.24) is 15.4 Å². The highest BCUT2D eigenvalue weighted by molar-refractivity contribution is 9.10. The first-order valence-corrected chi connectivity index (χ1v) is 5.33. The quantitative estimate of drug-likeness (QED) is 0.892. The highest BCUT2D eigenvalue weighted by Crippen LogP contribution is 2.18. The number of H-pyrrole nitrogens is 1. The number of benzene rings is 1. The van der Waals surface area contributed by atoms with Crippen molar-refractivity contribution in [3.8, 4) is 0 Å². The zero-order valence-corrected chi connectivity index (χ0v) is 9.48. The van der Waals surface area contributed by atoms with Crippen LogP contribution in [0.25, 0.3) is 0 Å². The van der Waals surface area contributed by atoms with Gasteiger partial charge in [0.25, 0.3) is 0 Å². The fraction of sp³-hybridized carbons (Fsp3) is 0.200. The van der Waals surface area contributed by atoms with Crippen LogP contribution < -0.4 is 0 Å². The minimum Gasteiger partial charge on any atom is -0.386 e. The highest BCUT2D eigenvalue weighted by Gasteiger charge is 2.11. The Kier molecular flexibility index (Phi) is 3.13. The molecule has 0 spiro atoms. The largest absolute Gasteiger partial charge is 0.386 e. The number of nitrogens with zero attached hydrogens (tertiary/aromatic N) is 2. The van der Waals surface area contributed by atoms with Gasteiger partial charge in [0.15, 0.2) is 0 Å². The summed E-state index contributed by atoms with van der Waals surface area (Å²) in [5.41, 5.74) is 1.62. The van der Waals surface area contributed by atoms with E-state index >= 15 is 0 Å². The summed E-state index contributed by atoms with van der Waals surface area (Å²) in [6, 6.07) is 7.83. The van der Waals surface area contributed by atoms with Crippen LogP contribution in [0.1, 0.15) is 17.4 Å². The molecule has 0 saturated heterocycles. The lowest BCUT2D eigenvalue weighted by molar-refractivity contribution is 0.173. The Labute approximate surface area is 95.5 Å². The minimum atomic E-state index is -0.613. The van der Waals surface area contributed by atoms with Gasteiger partial charge in [-0.3, -0.25) is 0 Å². The molecule has 15 heavy (non-hydrogen) atoms. The molecule has 2 N–H and O–H groups in total. The van der Waals surface area contributed by atoms with E-state index in [9.17, 15) is 5.11 Å². The maximum absolute atomic E-state index is 9.82. The molecule has 1 aromatic heterocycles. The molecular formula is C10H10BrN3O. The smallest absolute Gasteiger partial charge is 0.111 e. The van der Waals surface area contributed by atoms with Crippen molar-refractivity contribution in [2.45, 2.75) is 12.5 Å². The molecule has 0 aliphatic carbocycles. The molecular weight excluding hydrogens is 258 g/mol. The van der Waals surface area contributed by atoms with Crippen LogP contribution in [0, 0.1) is 0 Å². The first-order chi connectivity index (χ1) is 7.25. The lowest BCUT2D eigenvalue weighted by atomic mass is 10.1. The van der Waals surface area contributed by atoms with Crippen LogP contribution in [-0.4, -0.2) is 20.5 Å². The molecule has 1 atom stereocenters. The lowest BCUT2D eigenvalue weighted by Crippen LogP contribution is -2.02. The molecule has 0 amide bonds. The fourth-order valence-corrected chi connectivity index (χ4v) is 1.81. The second-order valence-electron chi connectivity index (χ2n) is 3.24. The number of hydrogen-bond donors (Lipinski definition) is 2. The first kappa shape index (κ1) is 10.3. The standard InChI is InChI=1S/C10H10BrN3O/c11-8-3-1-2-7(4-8)5-10(15)9-6-12-14-13-9/h1-4,6,10,15H,5H2,(H,12,13,14). The summed E-state index contributed by atoms with van der Waals surface area (Å²) >= 11 is 3.39. The molecule has 0 bridgehead atoms. The van der Waals surface area contributed by atoms with Crippen molar-refractivity contribution in [1.29, 1.82) is 0 Å². The SMILES string of the molecule is OC(Cc1cccc(Br)c1)c1cn[nH]n1. The van der Waals surface area contributed by atoms with Crippen LogP contribution in [0.2, 0.25) is 0 Å². The molecule has 5 heteroatoms. The van der Waals surface area contributed by atoms with Gasteiger partial charge in [-0.15, -0.1) is 0 Å². The minimum absolute atomic E-state index is 0.534. The van der Waals surface area contributed by atoms with Crippen LogP contribution in [0.3, 0.4) is 0 Å². The fourth-order valence-electron chi connectivity index (χ4n) is 1.36. The van der Waals surface area contributed by atoms with E-state index in [2.05, 4.69) is 31.3 Å². The van der Waals surface area contributed by atoms with Gasteiger partial charge < -0.3 is 5.11 Å². The summed E-state index contributed by atoms with van der Waals surface area (Å²) in [6.07, 6.45) is 1.45. The number of rotatable bonds is 3. The topological polar surface area (TPSA) is 61.8 Å². The number of aromatic amines is 1. The van der Waals surface area contributed by atoms with Gasteiger partial charge in [-0.1, -0.05) is 28.1 Å². The third-order valence-corrected chi connectivity index (χ3v) is 2.59. The normalized spacial score (nSPS) is 12.7. The molecule has 78 valence electrons. The molecule has 1 unspecified atom stereocenters. The summed E-state index contributed by atoms with van der Waals surface area (Å²) in [6.45, 7) is 0. The van der Waals surface area contributed by atoms with Gasteiger partial charge in [-0.25, -0.2) is 0 Å². The third-order valence-electron chi connectivity index (χ3n) is 2.09. The Morgan fingerprint density at radius 2 is 2.33 bits per heavy atom. The van der Waals surface area contributed by atoms with Crippen LogP contribution in [0.15, 0.2) is 34.9 Å². The van der Waals surface area contributed by atoms with E-state index in [-0.39, 0.29) is 0 Å². The van der Waals surface area contributed by atoms with Crippen molar-refractivity contribution >= 4 is 15.9 Å². The summed E-state index contributed by atoms with van der Waals surface area (Å²) in [5, 5.41) is 19.8. The molecule has 0 radical (unpaired) electrons. The van der Waals surface area contributed by atoms with Gasteiger partial charge in [0.2, 0.25) is 0 Å². The van der Waals surface area contributed by atoms with Crippen molar-refractivity contribution in [2.75, 3.05) is 0 Å².